The Morgan fingerprint density at radius 3 is 1.17 bits per heavy atom. The summed E-state index contributed by atoms with van der Waals surface area (Å²) in [6, 6.07) is 2.48. The SMILES string of the molecule is C.C.C.CCCNCCCC[Si](C)(C)O[Si](C)(C)O[Si](C)(C)CCCCNCCC. The van der Waals surface area contributed by atoms with Gasteiger partial charge in [0.25, 0.3) is 0 Å². The summed E-state index contributed by atoms with van der Waals surface area (Å²) in [6.07, 6.45) is 7.49. The molecule has 0 aliphatic carbocycles. The molecule has 0 aromatic carbocycles. The quantitative estimate of drug-likeness (QED) is 0.156. The minimum Gasteiger partial charge on any atom is -0.437 e. The summed E-state index contributed by atoms with van der Waals surface area (Å²) >= 11 is 0. The zero-order valence-corrected chi connectivity index (χ0v) is 22.8. The molecular formula is C23H62N2O2Si3. The highest BCUT2D eigenvalue weighted by Crippen LogP contribution is 2.26. The second-order valence-corrected chi connectivity index (χ2v) is 22.0. The van der Waals surface area contributed by atoms with E-state index in [0.717, 1.165) is 26.2 Å². The fourth-order valence-electron chi connectivity index (χ4n) is 3.66. The molecule has 0 atom stereocenters. The molecule has 0 amide bonds. The Balaban J connectivity index is -0.00000113. The van der Waals surface area contributed by atoms with Crippen molar-refractivity contribution < 1.29 is 8.23 Å². The minimum absolute atomic E-state index is 0. The molecule has 0 radical (unpaired) electrons. The smallest absolute Gasteiger partial charge is 0.311 e. The first-order chi connectivity index (χ1) is 12.5. The van der Waals surface area contributed by atoms with Crippen molar-refractivity contribution in [2.75, 3.05) is 26.2 Å². The normalized spacial score (nSPS) is 12.0. The summed E-state index contributed by atoms with van der Waals surface area (Å²) in [7, 11) is -5.32. The summed E-state index contributed by atoms with van der Waals surface area (Å²) < 4.78 is 13.4. The lowest BCUT2D eigenvalue weighted by Gasteiger charge is -2.39. The van der Waals surface area contributed by atoms with Crippen molar-refractivity contribution in [3.63, 3.8) is 0 Å². The topological polar surface area (TPSA) is 42.5 Å². The summed E-state index contributed by atoms with van der Waals surface area (Å²) in [6.45, 7) is 23.0. The molecule has 0 fully saturated rings. The van der Waals surface area contributed by atoms with E-state index in [9.17, 15) is 0 Å². The van der Waals surface area contributed by atoms with E-state index in [1.54, 1.807) is 0 Å². The molecule has 188 valence electrons. The average Bonchev–Trinajstić information content (AvgIpc) is 2.51. The van der Waals surface area contributed by atoms with Crippen molar-refractivity contribution in [3.05, 3.63) is 0 Å². The Bertz CT molecular complexity index is 336. The molecule has 30 heavy (non-hydrogen) atoms. The van der Waals surface area contributed by atoms with E-state index >= 15 is 0 Å². The van der Waals surface area contributed by atoms with Gasteiger partial charge in [-0.1, -0.05) is 49.0 Å². The molecule has 4 nitrogen and oxygen atoms in total. The standard InChI is InChI=1S/C20H50N2O2Si3.3CH4/c1-9-15-21-17-11-13-19-25(3,4)23-27(7,8)24-26(5,6)20-14-12-18-22-16-10-2;;;/h21-22H,9-20H2,1-8H3;3*1H4. The van der Waals surface area contributed by atoms with Crippen LogP contribution in [0.1, 0.15) is 74.7 Å². The van der Waals surface area contributed by atoms with E-state index in [1.807, 2.05) is 0 Å². The molecule has 0 saturated heterocycles. The van der Waals surface area contributed by atoms with Gasteiger partial charge in [0.05, 0.1) is 0 Å². The van der Waals surface area contributed by atoms with Crippen LogP contribution in [-0.2, 0) is 8.23 Å². The van der Waals surface area contributed by atoms with Crippen LogP contribution in [0.2, 0.25) is 51.4 Å². The van der Waals surface area contributed by atoms with Crippen LogP contribution in [0.15, 0.2) is 0 Å². The first-order valence-electron chi connectivity index (χ1n) is 11.4. The maximum Gasteiger partial charge on any atom is 0.311 e. The van der Waals surface area contributed by atoms with Gasteiger partial charge in [-0.25, -0.2) is 0 Å². The van der Waals surface area contributed by atoms with Crippen LogP contribution >= 0.6 is 0 Å². The van der Waals surface area contributed by atoms with Crippen LogP contribution in [0.25, 0.3) is 0 Å². The van der Waals surface area contributed by atoms with Crippen molar-refractivity contribution in [3.8, 4) is 0 Å². The number of nitrogens with one attached hydrogen (secondary N) is 2. The summed E-state index contributed by atoms with van der Waals surface area (Å²) in [5.74, 6) is 0. The van der Waals surface area contributed by atoms with Crippen LogP contribution in [-0.4, -0.2) is 51.4 Å². The number of rotatable bonds is 18. The molecule has 0 aromatic heterocycles. The molecule has 7 heteroatoms. The van der Waals surface area contributed by atoms with Gasteiger partial charge in [-0.05, 0) is 103 Å². The Labute approximate surface area is 196 Å². The van der Waals surface area contributed by atoms with Gasteiger partial charge in [-0.3, -0.25) is 0 Å². The van der Waals surface area contributed by atoms with Gasteiger partial charge < -0.3 is 18.9 Å². The second-order valence-electron chi connectivity index (χ2n) is 9.54. The van der Waals surface area contributed by atoms with Crippen molar-refractivity contribution in [2.45, 2.75) is 126 Å². The highest BCUT2D eigenvalue weighted by molar-refractivity contribution is 6.87. The Morgan fingerprint density at radius 1 is 0.533 bits per heavy atom. The van der Waals surface area contributed by atoms with E-state index in [4.69, 9.17) is 8.23 Å². The van der Waals surface area contributed by atoms with Gasteiger partial charge in [0.2, 0.25) is 0 Å². The molecule has 0 rings (SSSR count). The maximum atomic E-state index is 6.71. The van der Waals surface area contributed by atoms with Gasteiger partial charge in [0, 0.05) is 0 Å². The summed E-state index contributed by atoms with van der Waals surface area (Å²) in [4.78, 5) is 0. The largest absolute Gasteiger partial charge is 0.437 e. The zero-order valence-electron chi connectivity index (χ0n) is 19.8. The van der Waals surface area contributed by atoms with E-state index in [2.05, 4.69) is 63.8 Å². The fraction of sp³-hybridized carbons (Fsp3) is 1.00. The third-order valence-electron chi connectivity index (χ3n) is 4.66. The Kier molecular flexibility index (Phi) is 25.3. The van der Waals surface area contributed by atoms with Crippen molar-refractivity contribution in [2.24, 2.45) is 0 Å². The van der Waals surface area contributed by atoms with Gasteiger partial charge in [-0.15, -0.1) is 0 Å². The minimum atomic E-state index is -2.04. The maximum absolute atomic E-state index is 6.71. The van der Waals surface area contributed by atoms with Crippen LogP contribution in [0, 0.1) is 0 Å². The monoisotopic (exact) mass is 482 g/mol. The highest BCUT2D eigenvalue weighted by atomic mass is 28.5. The van der Waals surface area contributed by atoms with E-state index in [0.29, 0.717) is 0 Å². The molecule has 0 aromatic rings. The van der Waals surface area contributed by atoms with E-state index in [-0.39, 0.29) is 22.3 Å². The Morgan fingerprint density at radius 2 is 0.867 bits per heavy atom. The van der Waals surface area contributed by atoms with Crippen LogP contribution in [0.3, 0.4) is 0 Å². The van der Waals surface area contributed by atoms with Crippen LogP contribution in [0.4, 0.5) is 0 Å². The number of hydrogen-bond acceptors (Lipinski definition) is 4. The number of unbranched alkanes of at least 4 members (excludes halogenated alkanes) is 2. The molecular weight excluding hydrogens is 421 g/mol. The summed E-state index contributed by atoms with van der Waals surface area (Å²) in [5, 5.41) is 6.99. The third kappa shape index (κ3) is 23.2. The van der Waals surface area contributed by atoms with E-state index in [1.165, 1.54) is 50.6 Å². The number of hydrogen-bond donors (Lipinski definition) is 2. The molecule has 0 unspecified atom stereocenters. The molecule has 0 spiro atoms. The molecule has 0 aliphatic rings. The van der Waals surface area contributed by atoms with Crippen molar-refractivity contribution in [1.82, 2.24) is 10.6 Å². The van der Waals surface area contributed by atoms with Gasteiger partial charge in [0.1, 0.15) is 0 Å². The molecule has 0 saturated carbocycles. The fourth-order valence-corrected chi connectivity index (χ4v) is 17.9. The van der Waals surface area contributed by atoms with Crippen LogP contribution in [0.5, 0.6) is 0 Å². The first-order valence-corrected chi connectivity index (χ1v) is 20.4. The Hall–Kier alpha value is 0.491. The van der Waals surface area contributed by atoms with Gasteiger partial charge in [0.15, 0.2) is 16.6 Å². The molecule has 2 N–H and O–H groups in total. The highest BCUT2D eigenvalue weighted by Gasteiger charge is 2.39. The van der Waals surface area contributed by atoms with Crippen molar-refractivity contribution in [1.29, 1.82) is 0 Å². The molecule has 0 bridgehead atoms. The van der Waals surface area contributed by atoms with Gasteiger partial charge >= 0.3 is 8.56 Å². The zero-order chi connectivity index (χ0) is 20.8. The molecule has 0 aliphatic heterocycles. The second kappa shape index (κ2) is 20.1. The van der Waals surface area contributed by atoms with Crippen molar-refractivity contribution >= 4 is 25.2 Å². The van der Waals surface area contributed by atoms with Gasteiger partial charge in [-0.2, -0.15) is 0 Å². The predicted molar refractivity (Wildman–Crippen MR) is 149 cm³/mol. The third-order valence-corrected chi connectivity index (χ3v) is 16.1. The predicted octanol–water partition coefficient (Wildman–Crippen LogP) is 7.60. The average molecular weight is 483 g/mol. The first kappa shape index (κ1) is 37.8. The molecule has 0 heterocycles. The lowest BCUT2D eigenvalue weighted by Crippen LogP contribution is -2.52. The lowest BCUT2D eigenvalue weighted by atomic mass is 10.3. The lowest BCUT2D eigenvalue weighted by molar-refractivity contribution is 0.386. The van der Waals surface area contributed by atoms with Crippen LogP contribution < -0.4 is 10.6 Å². The summed E-state index contributed by atoms with van der Waals surface area (Å²) in [5.41, 5.74) is 0. The van der Waals surface area contributed by atoms with E-state index < -0.39 is 25.2 Å².